The van der Waals surface area contributed by atoms with Gasteiger partial charge in [-0.15, -0.1) is 0 Å². The lowest BCUT2D eigenvalue weighted by Crippen LogP contribution is -2.23. The number of aromatic nitrogens is 3. The van der Waals surface area contributed by atoms with Crippen LogP contribution in [0, 0.1) is 6.92 Å². The van der Waals surface area contributed by atoms with Crippen molar-refractivity contribution in [2.24, 2.45) is 0 Å². The molecule has 0 saturated heterocycles. The molecule has 0 N–H and O–H groups in total. The fourth-order valence-electron chi connectivity index (χ4n) is 3.45. The van der Waals surface area contributed by atoms with E-state index in [2.05, 4.69) is 19.7 Å². The number of amides is 1. The molecule has 0 aliphatic carbocycles. The number of rotatable bonds is 6. The van der Waals surface area contributed by atoms with Crippen LogP contribution in [0.1, 0.15) is 21.6 Å². The number of carbonyl (C=O) groups excluding carboxylic acids is 1. The van der Waals surface area contributed by atoms with E-state index in [0.717, 1.165) is 5.56 Å². The second-order valence-corrected chi connectivity index (χ2v) is 6.70. The van der Waals surface area contributed by atoms with Crippen molar-refractivity contribution in [3.63, 3.8) is 0 Å². The Hall–Kier alpha value is -3.82. The second-order valence-electron chi connectivity index (χ2n) is 6.70. The van der Waals surface area contributed by atoms with E-state index >= 15 is 0 Å². The maximum atomic E-state index is 13.0. The number of hydrogen-bond donors (Lipinski definition) is 0. The van der Waals surface area contributed by atoms with Gasteiger partial charge in [-0.3, -0.25) is 9.78 Å². The van der Waals surface area contributed by atoms with Crippen LogP contribution in [-0.2, 0) is 6.54 Å². The average Bonchev–Trinajstić information content (AvgIpc) is 3.09. The summed E-state index contributed by atoms with van der Waals surface area (Å²) in [4.78, 5) is 27.1. The SMILES string of the molecule is COc1cc(-c2cc(C)c3c(n2)CN(c2ccnc(OC(F)F)c2)C3=O)cnc1OC. The van der Waals surface area contributed by atoms with Gasteiger partial charge in [0.05, 0.1) is 43.4 Å². The molecule has 10 heteroatoms. The number of methoxy groups -OCH3 is 2. The highest BCUT2D eigenvalue weighted by Gasteiger charge is 2.32. The summed E-state index contributed by atoms with van der Waals surface area (Å²) in [6.45, 7) is -1.00. The number of nitrogens with zero attached hydrogens (tertiary/aromatic N) is 4. The summed E-state index contributed by atoms with van der Waals surface area (Å²) in [5, 5.41) is 0. The normalized spacial score (nSPS) is 12.8. The summed E-state index contributed by atoms with van der Waals surface area (Å²) in [5.74, 6) is 0.273. The van der Waals surface area contributed by atoms with Crippen molar-refractivity contribution in [2.45, 2.75) is 20.1 Å². The number of fused-ring (bicyclic) bond motifs is 1. The summed E-state index contributed by atoms with van der Waals surface area (Å²) in [6.07, 6.45) is 2.92. The third kappa shape index (κ3) is 3.83. The standard InChI is InChI=1S/C21H18F2N4O4/c1-11-6-14(12-7-16(29-2)19(30-3)25-9-12)26-15-10-27(20(28)18(11)15)13-4-5-24-17(8-13)31-21(22)23/h4-9,21H,10H2,1-3H3. The topological polar surface area (TPSA) is 86.7 Å². The molecule has 0 fully saturated rings. The fraction of sp³-hybridized carbons (Fsp3) is 0.238. The molecule has 0 radical (unpaired) electrons. The van der Waals surface area contributed by atoms with E-state index < -0.39 is 6.61 Å². The summed E-state index contributed by atoms with van der Waals surface area (Å²) in [5.41, 5.74) is 3.50. The summed E-state index contributed by atoms with van der Waals surface area (Å²) < 4.78 is 39.8. The summed E-state index contributed by atoms with van der Waals surface area (Å²) >= 11 is 0. The Morgan fingerprint density at radius 1 is 1.13 bits per heavy atom. The van der Waals surface area contributed by atoms with Gasteiger partial charge in [0.2, 0.25) is 5.88 Å². The molecule has 0 aromatic carbocycles. The molecule has 160 valence electrons. The molecule has 8 nitrogen and oxygen atoms in total. The molecule has 4 heterocycles. The van der Waals surface area contributed by atoms with E-state index in [0.29, 0.717) is 39.8 Å². The van der Waals surface area contributed by atoms with Gasteiger partial charge in [-0.05, 0) is 30.7 Å². The van der Waals surface area contributed by atoms with Crippen molar-refractivity contribution in [3.8, 4) is 28.8 Å². The zero-order valence-corrected chi connectivity index (χ0v) is 16.9. The van der Waals surface area contributed by atoms with Gasteiger partial charge in [0.1, 0.15) is 0 Å². The van der Waals surface area contributed by atoms with Crippen molar-refractivity contribution in [2.75, 3.05) is 19.1 Å². The predicted molar refractivity (Wildman–Crippen MR) is 107 cm³/mol. The largest absolute Gasteiger partial charge is 0.491 e. The van der Waals surface area contributed by atoms with Crippen LogP contribution in [0.5, 0.6) is 17.5 Å². The van der Waals surface area contributed by atoms with Gasteiger partial charge in [-0.1, -0.05) is 0 Å². The Morgan fingerprint density at radius 2 is 1.94 bits per heavy atom. The maximum Gasteiger partial charge on any atom is 0.388 e. The molecule has 1 aliphatic heterocycles. The number of alkyl halides is 2. The smallest absolute Gasteiger partial charge is 0.388 e. The monoisotopic (exact) mass is 428 g/mol. The third-order valence-corrected chi connectivity index (χ3v) is 4.83. The molecule has 0 atom stereocenters. The first kappa shape index (κ1) is 20.5. The molecule has 1 amide bonds. The van der Waals surface area contributed by atoms with E-state index in [1.165, 1.54) is 31.4 Å². The average molecular weight is 428 g/mol. The van der Waals surface area contributed by atoms with E-state index in [4.69, 9.17) is 9.47 Å². The van der Waals surface area contributed by atoms with Gasteiger partial charge >= 0.3 is 6.61 Å². The first-order valence-corrected chi connectivity index (χ1v) is 9.23. The van der Waals surface area contributed by atoms with Crippen LogP contribution < -0.4 is 19.1 Å². The van der Waals surface area contributed by atoms with Crippen molar-refractivity contribution in [1.29, 1.82) is 0 Å². The zero-order valence-electron chi connectivity index (χ0n) is 16.9. The number of aryl methyl sites for hydroxylation is 1. The van der Waals surface area contributed by atoms with E-state index in [-0.39, 0.29) is 18.3 Å². The molecule has 0 saturated carbocycles. The van der Waals surface area contributed by atoms with Crippen LogP contribution >= 0.6 is 0 Å². The van der Waals surface area contributed by atoms with Crippen molar-refractivity contribution >= 4 is 11.6 Å². The molecule has 0 unspecified atom stereocenters. The number of halogens is 2. The number of hydrogen-bond acceptors (Lipinski definition) is 7. The molecule has 3 aromatic heterocycles. The minimum atomic E-state index is -3.00. The van der Waals surface area contributed by atoms with E-state index in [1.54, 1.807) is 24.4 Å². The van der Waals surface area contributed by atoms with Gasteiger partial charge in [0.25, 0.3) is 11.8 Å². The Kier molecular flexibility index (Phi) is 5.37. The molecular formula is C21H18F2N4O4. The first-order chi connectivity index (χ1) is 14.9. The molecule has 1 aliphatic rings. The van der Waals surface area contributed by atoms with Crippen LogP contribution in [0.3, 0.4) is 0 Å². The number of pyridine rings is 3. The Balaban J connectivity index is 1.69. The van der Waals surface area contributed by atoms with E-state index in [1.807, 2.05) is 6.92 Å². The summed E-state index contributed by atoms with van der Waals surface area (Å²) in [6, 6.07) is 6.40. The van der Waals surface area contributed by atoms with Crippen LogP contribution in [-0.4, -0.2) is 41.7 Å². The van der Waals surface area contributed by atoms with Crippen molar-refractivity contribution in [1.82, 2.24) is 15.0 Å². The molecular weight excluding hydrogens is 410 g/mol. The number of anilines is 1. The fourth-order valence-corrected chi connectivity index (χ4v) is 3.45. The Bertz CT molecular complexity index is 1160. The van der Waals surface area contributed by atoms with Crippen LogP contribution in [0.25, 0.3) is 11.3 Å². The highest BCUT2D eigenvalue weighted by molar-refractivity contribution is 6.10. The molecule has 4 rings (SSSR count). The quantitative estimate of drug-likeness (QED) is 0.593. The Labute approximate surface area is 176 Å². The van der Waals surface area contributed by atoms with Gasteiger partial charge in [0.15, 0.2) is 5.75 Å². The van der Waals surface area contributed by atoms with Gasteiger partial charge in [-0.25, -0.2) is 9.97 Å². The molecule has 3 aromatic rings. The minimum Gasteiger partial charge on any atom is -0.491 e. The molecule has 0 bridgehead atoms. The maximum absolute atomic E-state index is 13.0. The van der Waals surface area contributed by atoms with Gasteiger partial charge in [0, 0.05) is 24.0 Å². The van der Waals surface area contributed by atoms with Crippen LogP contribution in [0.15, 0.2) is 36.7 Å². The van der Waals surface area contributed by atoms with E-state index in [9.17, 15) is 13.6 Å². The minimum absolute atomic E-state index is 0.182. The lowest BCUT2D eigenvalue weighted by Gasteiger charge is -2.16. The second kappa shape index (κ2) is 8.13. The number of ether oxygens (including phenoxy) is 3. The van der Waals surface area contributed by atoms with Crippen LogP contribution in [0.2, 0.25) is 0 Å². The van der Waals surface area contributed by atoms with Gasteiger partial charge in [-0.2, -0.15) is 8.78 Å². The number of carbonyl (C=O) groups is 1. The Morgan fingerprint density at radius 3 is 2.65 bits per heavy atom. The predicted octanol–water partition coefficient (Wildman–Crippen LogP) is 3.63. The molecule has 0 spiro atoms. The summed E-state index contributed by atoms with van der Waals surface area (Å²) in [7, 11) is 3.02. The first-order valence-electron chi connectivity index (χ1n) is 9.23. The molecule has 31 heavy (non-hydrogen) atoms. The zero-order chi connectivity index (χ0) is 22.1. The van der Waals surface area contributed by atoms with Crippen molar-refractivity contribution < 1.29 is 27.8 Å². The lowest BCUT2D eigenvalue weighted by molar-refractivity contribution is -0.0528. The lowest BCUT2D eigenvalue weighted by atomic mass is 10.0. The van der Waals surface area contributed by atoms with Gasteiger partial charge < -0.3 is 19.1 Å². The third-order valence-electron chi connectivity index (χ3n) is 4.83. The highest BCUT2D eigenvalue weighted by atomic mass is 19.3. The van der Waals surface area contributed by atoms with Crippen LogP contribution in [0.4, 0.5) is 14.5 Å². The van der Waals surface area contributed by atoms with Crippen molar-refractivity contribution in [3.05, 3.63) is 53.5 Å². The highest BCUT2D eigenvalue weighted by Crippen LogP contribution is 2.34.